The first-order valence-corrected chi connectivity index (χ1v) is 14.6. The van der Waals surface area contributed by atoms with Gasteiger partial charge in [0.25, 0.3) is 10.0 Å². The maximum Gasteiger partial charge on any atom is 0.416 e. The summed E-state index contributed by atoms with van der Waals surface area (Å²) < 4.78 is 102. The molecule has 5 rings (SSSR count). The van der Waals surface area contributed by atoms with Crippen LogP contribution < -0.4 is 14.5 Å². The van der Waals surface area contributed by atoms with Gasteiger partial charge in [-0.1, -0.05) is 54.6 Å². The first-order valence-electron chi connectivity index (χ1n) is 11.7. The Morgan fingerprint density at radius 2 is 1.32 bits per heavy atom. The Hall–Kier alpha value is -4.62. The van der Waals surface area contributed by atoms with Crippen molar-refractivity contribution in [3.63, 3.8) is 0 Å². The van der Waals surface area contributed by atoms with E-state index in [2.05, 4.69) is 0 Å². The van der Waals surface area contributed by atoms with Crippen LogP contribution in [-0.4, -0.2) is 16.8 Å². The molecule has 0 spiro atoms. The number of benzene rings is 4. The van der Waals surface area contributed by atoms with Gasteiger partial charge in [0.1, 0.15) is 10.6 Å². The predicted molar refractivity (Wildman–Crippen MR) is 144 cm³/mol. The van der Waals surface area contributed by atoms with Crippen molar-refractivity contribution in [1.29, 1.82) is 0 Å². The molecule has 0 bridgehead atoms. The van der Waals surface area contributed by atoms with Gasteiger partial charge in [0.2, 0.25) is 0 Å². The van der Waals surface area contributed by atoms with Gasteiger partial charge in [-0.2, -0.15) is 21.6 Å². The molecule has 4 aromatic carbocycles. The van der Waals surface area contributed by atoms with Crippen LogP contribution in [0.3, 0.4) is 0 Å². The molecule has 0 aliphatic rings. The Labute approximate surface area is 231 Å². The molecule has 0 amide bonds. The molecule has 0 atom stereocenters. The summed E-state index contributed by atoms with van der Waals surface area (Å²) >= 11 is 0. The molecule has 0 fully saturated rings. The summed E-state index contributed by atoms with van der Waals surface area (Å²) in [5, 5.41) is 0.113. The number of hydrogen-bond donors (Lipinski definition) is 1. The average molecular weight is 602 g/mol. The minimum atomic E-state index is -4.66. The van der Waals surface area contributed by atoms with Gasteiger partial charge in [-0.15, -0.1) is 0 Å². The number of rotatable bonds is 7. The van der Waals surface area contributed by atoms with Crippen LogP contribution >= 0.6 is 0 Å². The zero-order valence-electron chi connectivity index (χ0n) is 20.6. The van der Waals surface area contributed by atoms with Crippen molar-refractivity contribution in [2.75, 3.05) is 4.72 Å². The Morgan fingerprint density at radius 3 is 1.95 bits per heavy atom. The number of fused-ring (bicyclic) bond motifs is 1. The van der Waals surface area contributed by atoms with Crippen molar-refractivity contribution < 1.29 is 38.6 Å². The van der Waals surface area contributed by atoms with Gasteiger partial charge in [0.15, 0.2) is 11.3 Å². The van der Waals surface area contributed by atoms with Gasteiger partial charge in [0.05, 0.1) is 10.5 Å². The van der Waals surface area contributed by atoms with E-state index in [1.54, 1.807) is 12.1 Å². The SMILES string of the molecule is O=c1oc2c(OS(=O)(=O)c3ccc(-c4ccccc4)cc3)cccc2cc1NS(=O)(=O)c1ccc(C(F)(F)F)cc1. The molecule has 1 heterocycles. The van der Waals surface area contributed by atoms with E-state index in [-0.39, 0.29) is 21.6 Å². The fraction of sp³-hybridized carbons (Fsp3) is 0.0357. The predicted octanol–water partition coefficient (Wildman–Crippen LogP) is 6.05. The molecule has 0 saturated carbocycles. The molecule has 210 valence electrons. The summed E-state index contributed by atoms with van der Waals surface area (Å²) in [7, 11) is -8.83. The summed E-state index contributed by atoms with van der Waals surface area (Å²) in [4.78, 5) is 12.0. The normalized spacial score (nSPS) is 12.3. The Morgan fingerprint density at radius 1 is 0.707 bits per heavy atom. The van der Waals surface area contributed by atoms with Gasteiger partial charge in [-0.05, 0) is 59.7 Å². The Bertz CT molecular complexity index is 2010. The summed E-state index contributed by atoms with van der Waals surface area (Å²) in [6.07, 6.45) is -4.66. The highest BCUT2D eigenvalue weighted by atomic mass is 32.2. The fourth-order valence-electron chi connectivity index (χ4n) is 3.89. The van der Waals surface area contributed by atoms with Crippen LogP contribution in [0.15, 0.2) is 122 Å². The molecular formula is C28H18F3NO7S2. The number of hydrogen-bond acceptors (Lipinski definition) is 7. The monoisotopic (exact) mass is 601 g/mol. The van der Waals surface area contributed by atoms with Crippen LogP contribution in [0.2, 0.25) is 0 Å². The topological polar surface area (TPSA) is 120 Å². The third kappa shape index (κ3) is 5.95. The molecule has 0 aliphatic carbocycles. The maximum absolute atomic E-state index is 13.0. The molecule has 8 nitrogen and oxygen atoms in total. The zero-order chi connectivity index (χ0) is 29.4. The number of anilines is 1. The molecule has 0 unspecified atom stereocenters. The Kier molecular flexibility index (Phi) is 7.09. The first kappa shape index (κ1) is 27.9. The van der Waals surface area contributed by atoms with Crippen molar-refractivity contribution in [1.82, 2.24) is 0 Å². The van der Waals surface area contributed by atoms with Crippen molar-refractivity contribution in [2.45, 2.75) is 16.0 Å². The molecule has 0 radical (unpaired) electrons. The number of alkyl halides is 3. The highest BCUT2D eigenvalue weighted by Gasteiger charge is 2.31. The summed E-state index contributed by atoms with van der Waals surface area (Å²) in [5.74, 6) is -0.316. The van der Waals surface area contributed by atoms with Gasteiger partial charge in [-0.25, -0.2) is 13.2 Å². The lowest BCUT2D eigenvalue weighted by molar-refractivity contribution is -0.137. The van der Waals surface area contributed by atoms with Crippen LogP contribution in [0.1, 0.15) is 5.56 Å². The molecule has 41 heavy (non-hydrogen) atoms. The Balaban J connectivity index is 1.41. The highest BCUT2D eigenvalue weighted by molar-refractivity contribution is 7.92. The number of nitrogens with one attached hydrogen (secondary N) is 1. The second-order valence-corrected chi connectivity index (χ2v) is 11.9. The van der Waals surface area contributed by atoms with Crippen LogP contribution in [0.4, 0.5) is 18.9 Å². The molecule has 0 saturated heterocycles. The molecular weight excluding hydrogens is 583 g/mol. The number of halogens is 3. The van der Waals surface area contributed by atoms with Gasteiger partial charge >= 0.3 is 21.9 Å². The van der Waals surface area contributed by atoms with E-state index in [1.165, 1.54) is 30.3 Å². The van der Waals surface area contributed by atoms with Gasteiger partial charge in [-0.3, -0.25) is 4.72 Å². The van der Waals surface area contributed by atoms with Crippen molar-refractivity contribution in [3.05, 3.63) is 119 Å². The van der Waals surface area contributed by atoms with Gasteiger partial charge < -0.3 is 8.60 Å². The molecule has 1 aromatic heterocycles. The summed E-state index contributed by atoms with van der Waals surface area (Å²) in [6, 6.07) is 23.1. The molecule has 5 aromatic rings. The first-order chi connectivity index (χ1) is 19.3. The minimum absolute atomic E-state index is 0.113. The smallest absolute Gasteiger partial charge is 0.416 e. The van der Waals surface area contributed by atoms with Crippen LogP contribution in [-0.2, 0) is 26.3 Å². The lowest BCUT2D eigenvalue weighted by Gasteiger charge is -2.11. The lowest BCUT2D eigenvalue weighted by Crippen LogP contribution is -2.19. The van der Waals surface area contributed by atoms with Crippen molar-refractivity contribution >= 4 is 36.8 Å². The minimum Gasteiger partial charge on any atom is -0.417 e. The summed E-state index contributed by atoms with van der Waals surface area (Å²) in [5.41, 5.74) is -1.37. The number of para-hydroxylation sites is 1. The van der Waals surface area contributed by atoms with E-state index in [1.807, 2.05) is 35.1 Å². The van der Waals surface area contributed by atoms with E-state index in [4.69, 9.17) is 8.60 Å². The largest absolute Gasteiger partial charge is 0.417 e. The zero-order valence-corrected chi connectivity index (χ0v) is 22.3. The van der Waals surface area contributed by atoms with Crippen molar-refractivity contribution in [2.24, 2.45) is 0 Å². The third-order valence-corrected chi connectivity index (χ3v) is 8.54. The van der Waals surface area contributed by atoms with E-state index in [0.717, 1.165) is 29.3 Å². The fourth-order valence-corrected chi connectivity index (χ4v) is 5.87. The van der Waals surface area contributed by atoms with E-state index in [0.29, 0.717) is 12.1 Å². The van der Waals surface area contributed by atoms with E-state index >= 15 is 0 Å². The quantitative estimate of drug-likeness (QED) is 0.178. The summed E-state index contributed by atoms with van der Waals surface area (Å²) in [6.45, 7) is 0. The molecule has 0 aliphatic heterocycles. The van der Waals surface area contributed by atoms with Crippen LogP contribution in [0.25, 0.3) is 22.1 Å². The molecule has 1 N–H and O–H groups in total. The standard InChI is InChI=1S/C28H18F3NO7S2/c29-28(30,31)21-11-15-22(16-12-21)40(34,35)32-24-17-20-7-4-8-25(26(20)38-27(24)33)39-41(36,37)23-13-9-19(10-14-23)18-5-2-1-3-6-18/h1-17,32H. The molecule has 13 heteroatoms. The van der Waals surface area contributed by atoms with Gasteiger partial charge in [0, 0.05) is 5.39 Å². The van der Waals surface area contributed by atoms with Crippen LogP contribution in [0, 0.1) is 0 Å². The highest BCUT2D eigenvalue weighted by Crippen LogP contribution is 2.32. The number of sulfonamides is 1. The lowest BCUT2D eigenvalue weighted by atomic mass is 10.1. The van der Waals surface area contributed by atoms with E-state index in [9.17, 15) is 34.8 Å². The van der Waals surface area contributed by atoms with E-state index < -0.39 is 48.1 Å². The average Bonchev–Trinajstić information content (AvgIpc) is 2.94. The third-order valence-electron chi connectivity index (χ3n) is 5.91. The van der Waals surface area contributed by atoms with Crippen LogP contribution in [0.5, 0.6) is 5.75 Å². The second-order valence-electron chi connectivity index (χ2n) is 8.68. The maximum atomic E-state index is 13.0. The van der Waals surface area contributed by atoms with Crippen molar-refractivity contribution in [3.8, 4) is 16.9 Å². The second kappa shape index (κ2) is 10.4.